The highest BCUT2D eigenvalue weighted by atomic mass is 16.5. The monoisotopic (exact) mass is 325 g/mol. The number of rotatable bonds is 5. The van der Waals surface area contributed by atoms with Gasteiger partial charge in [0.2, 0.25) is 11.8 Å². The number of aryl methyl sites for hydroxylation is 1. The van der Waals surface area contributed by atoms with Gasteiger partial charge in [0.05, 0.1) is 6.42 Å². The maximum absolute atomic E-state index is 12.5. The van der Waals surface area contributed by atoms with E-state index in [1.807, 2.05) is 17.0 Å². The van der Waals surface area contributed by atoms with Crippen molar-refractivity contribution in [2.24, 2.45) is 5.92 Å². The third-order valence-electron chi connectivity index (χ3n) is 4.96. The van der Waals surface area contributed by atoms with E-state index in [1.165, 1.54) is 18.4 Å². The third-order valence-corrected chi connectivity index (χ3v) is 4.96. The highest BCUT2D eigenvalue weighted by molar-refractivity contribution is 5.79. The second kappa shape index (κ2) is 6.38. The molecule has 4 rings (SSSR count). The van der Waals surface area contributed by atoms with Gasteiger partial charge in [0.15, 0.2) is 5.82 Å². The van der Waals surface area contributed by atoms with Gasteiger partial charge in [-0.3, -0.25) is 4.79 Å². The zero-order chi connectivity index (χ0) is 16.5. The van der Waals surface area contributed by atoms with Crippen molar-refractivity contribution in [3.8, 4) is 0 Å². The molecule has 0 radical (unpaired) electrons. The maximum Gasteiger partial charge on any atom is 0.229 e. The molecule has 2 fully saturated rings. The molecule has 1 saturated heterocycles. The Morgan fingerprint density at radius 2 is 2.21 bits per heavy atom. The molecule has 1 saturated carbocycles. The van der Waals surface area contributed by atoms with E-state index in [4.69, 9.17) is 4.52 Å². The average molecular weight is 325 g/mol. The van der Waals surface area contributed by atoms with Crippen molar-refractivity contribution >= 4 is 5.91 Å². The lowest BCUT2D eigenvalue weighted by Crippen LogP contribution is -2.30. The van der Waals surface area contributed by atoms with Crippen LogP contribution in [0.5, 0.6) is 0 Å². The summed E-state index contributed by atoms with van der Waals surface area (Å²) < 4.78 is 5.32. The fourth-order valence-corrected chi connectivity index (χ4v) is 3.44. The van der Waals surface area contributed by atoms with Crippen molar-refractivity contribution in [1.29, 1.82) is 0 Å². The van der Waals surface area contributed by atoms with Crippen LogP contribution in [0.2, 0.25) is 0 Å². The molecular weight excluding hydrogens is 302 g/mol. The quantitative estimate of drug-likeness (QED) is 0.848. The number of benzene rings is 1. The highest BCUT2D eigenvalue weighted by Gasteiger charge is 2.31. The smallest absolute Gasteiger partial charge is 0.229 e. The molecule has 1 aromatic carbocycles. The molecule has 0 N–H and O–H groups in total. The number of carbonyl (C=O) groups is 1. The van der Waals surface area contributed by atoms with Gasteiger partial charge in [-0.1, -0.05) is 35.0 Å². The van der Waals surface area contributed by atoms with Gasteiger partial charge in [-0.15, -0.1) is 0 Å². The van der Waals surface area contributed by atoms with Crippen LogP contribution in [0, 0.1) is 12.8 Å². The van der Waals surface area contributed by atoms with E-state index in [1.54, 1.807) is 0 Å². The lowest BCUT2D eigenvalue weighted by Gasteiger charge is -2.16. The Balaban J connectivity index is 1.31. The number of aromatic nitrogens is 2. The predicted octanol–water partition coefficient (Wildman–Crippen LogP) is 2.89. The van der Waals surface area contributed by atoms with Crippen molar-refractivity contribution in [3.05, 3.63) is 47.1 Å². The Hall–Kier alpha value is -2.17. The Bertz CT molecular complexity index is 736. The van der Waals surface area contributed by atoms with Crippen LogP contribution in [0.3, 0.4) is 0 Å². The molecule has 1 amide bonds. The first-order valence-corrected chi connectivity index (χ1v) is 8.83. The molecular formula is C19H23N3O2. The number of carbonyl (C=O) groups excluding carboxylic acids is 1. The summed E-state index contributed by atoms with van der Waals surface area (Å²) in [7, 11) is 0. The standard InChI is InChI=1S/C19H23N3O2/c1-13-3-2-4-14(9-13)11-18(23)22-8-7-15(12-22)10-17-20-19(24-21-17)16-5-6-16/h2-4,9,15-16H,5-8,10-12H2,1H3/t15-/m1/s1. The number of amides is 1. The number of hydrogen-bond acceptors (Lipinski definition) is 4. The van der Waals surface area contributed by atoms with Crippen molar-refractivity contribution in [3.63, 3.8) is 0 Å². The first-order chi connectivity index (χ1) is 11.7. The molecule has 2 heterocycles. The summed E-state index contributed by atoms with van der Waals surface area (Å²) in [5.41, 5.74) is 2.29. The van der Waals surface area contributed by atoms with Gasteiger partial charge in [0, 0.05) is 25.4 Å². The van der Waals surface area contributed by atoms with E-state index in [2.05, 4.69) is 29.2 Å². The number of hydrogen-bond donors (Lipinski definition) is 0. The molecule has 2 aliphatic rings. The number of nitrogens with zero attached hydrogens (tertiary/aromatic N) is 3. The molecule has 1 aliphatic carbocycles. The van der Waals surface area contributed by atoms with E-state index in [0.29, 0.717) is 18.3 Å². The van der Waals surface area contributed by atoms with Crippen molar-refractivity contribution in [1.82, 2.24) is 15.0 Å². The van der Waals surface area contributed by atoms with Crippen molar-refractivity contribution < 1.29 is 9.32 Å². The summed E-state index contributed by atoms with van der Waals surface area (Å²) in [4.78, 5) is 19.0. The fraction of sp³-hybridized carbons (Fsp3) is 0.526. The van der Waals surface area contributed by atoms with Crippen LogP contribution >= 0.6 is 0 Å². The average Bonchev–Trinajstić information content (AvgIpc) is 3.12. The summed E-state index contributed by atoms with van der Waals surface area (Å²) in [6, 6.07) is 8.18. The summed E-state index contributed by atoms with van der Waals surface area (Å²) in [6.07, 6.45) is 4.67. The molecule has 1 aromatic heterocycles. The largest absolute Gasteiger partial charge is 0.342 e. The van der Waals surface area contributed by atoms with Crippen LogP contribution in [-0.2, 0) is 17.6 Å². The van der Waals surface area contributed by atoms with E-state index in [0.717, 1.165) is 43.2 Å². The van der Waals surface area contributed by atoms with E-state index in [-0.39, 0.29) is 5.91 Å². The van der Waals surface area contributed by atoms with Gasteiger partial charge in [-0.25, -0.2) is 0 Å². The van der Waals surface area contributed by atoms with Crippen molar-refractivity contribution in [2.45, 2.75) is 44.9 Å². The summed E-state index contributed by atoms with van der Waals surface area (Å²) in [6.45, 7) is 3.70. The van der Waals surface area contributed by atoms with Crippen LogP contribution in [0.15, 0.2) is 28.8 Å². The Kier molecular flexibility index (Phi) is 4.08. The third kappa shape index (κ3) is 3.50. The lowest BCUT2D eigenvalue weighted by atomic mass is 10.0. The minimum atomic E-state index is 0.217. The highest BCUT2D eigenvalue weighted by Crippen LogP contribution is 2.39. The first kappa shape index (κ1) is 15.4. The Labute approximate surface area is 142 Å². The van der Waals surface area contributed by atoms with Crippen LogP contribution in [0.1, 0.15) is 48.0 Å². The van der Waals surface area contributed by atoms with Gasteiger partial charge in [0.25, 0.3) is 0 Å². The van der Waals surface area contributed by atoms with E-state index in [9.17, 15) is 4.79 Å². The lowest BCUT2D eigenvalue weighted by molar-refractivity contribution is -0.129. The van der Waals surface area contributed by atoms with E-state index >= 15 is 0 Å². The maximum atomic E-state index is 12.5. The summed E-state index contributed by atoms with van der Waals surface area (Å²) >= 11 is 0. The second-order valence-electron chi connectivity index (χ2n) is 7.19. The minimum absolute atomic E-state index is 0.217. The topological polar surface area (TPSA) is 59.2 Å². The molecule has 2 aromatic rings. The predicted molar refractivity (Wildman–Crippen MR) is 89.5 cm³/mol. The van der Waals surface area contributed by atoms with Crippen LogP contribution in [0.25, 0.3) is 0 Å². The van der Waals surface area contributed by atoms with Crippen LogP contribution in [-0.4, -0.2) is 34.0 Å². The SMILES string of the molecule is Cc1cccc(CC(=O)N2CC[C@H](Cc3noc(C4CC4)n3)C2)c1. The molecule has 1 aliphatic heterocycles. The zero-order valence-electron chi connectivity index (χ0n) is 14.1. The van der Waals surface area contributed by atoms with Gasteiger partial charge in [-0.2, -0.15) is 4.98 Å². The van der Waals surface area contributed by atoms with Gasteiger partial charge < -0.3 is 9.42 Å². The Morgan fingerprint density at radius 3 is 3.00 bits per heavy atom. The summed E-state index contributed by atoms with van der Waals surface area (Å²) in [5.74, 6) is 2.76. The second-order valence-corrected chi connectivity index (χ2v) is 7.19. The molecule has 5 heteroatoms. The number of likely N-dealkylation sites (tertiary alicyclic amines) is 1. The fourth-order valence-electron chi connectivity index (χ4n) is 3.44. The van der Waals surface area contributed by atoms with Crippen LogP contribution < -0.4 is 0 Å². The van der Waals surface area contributed by atoms with Gasteiger partial charge in [0.1, 0.15) is 0 Å². The molecule has 1 atom stereocenters. The first-order valence-electron chi connectivity index (χ1n) is 8.83. The van der Waals surface area contributed by atoms with Gasteiger partial charge >= 0.3 is 0 Å². The molecule has 24 heavy (non-hydrogen) atoms. The van der Waals surface area contributed by atoms with Gasteiger partial charge in [-0.05, 0) is 37.7 Å². The summed E-state index contributed by atoms with van der Waals surface area (Å²) in [5, 5.41) is 4.10. The molecule has 5 nitrogen and oxygen atoms in total. The van der Waals surface area contributed by atoms with Crippen LogP contribution in [0.4, 0.5) is 0 Å². The normalized spacial score (nSPS) is 20.5. The van der Waals surface area contributed by atoms with Crippen molar-refractivity contribution in [2.75, 3.05) is 13.1 Å². The molecule has 0 bridgehead atoms. The zero-order valence-corrected chi connectivity index (χ0v) is 14.1. The molecule has 0 spiro atoms. The van der Waals surface area contributed by atoms with E-state index < -0.39 is 0 Å². The minimum Gasteiger partial charge on any atom is -0.342 e. The molecule has 126 valence electrons. The Morgan fingerprint density at radius 1 is 1.33 bits per heavy atom. The molecule has 0 unspecified atom stereocenters.